The first kappa shape index (κ1) is 10.7. The van der Waals surface area contributed by atoms with Gasteiger partial charge in [0, 0.05) is 11.7 Å². The third kappa shape index (κ3) is 1.80. The van der Waals surface area contributed by atoms with E-state index in [4.69, 9.17) is 14.6 Å². The van der Waals surface area contributed by atoms with Gasteiger partial charge < -0.3 is 9.31 Å². The second kappa shape index (κ2) is 3.65. The lowest BCUT2D eigenvalue weighted by Gasteiger charge is -2.15. The highest BCUT2D eigenvalue weighted by Gasteiger charge is 2.42. The van der Waals surface area contributed by atoms with Crippen molar-refractivity contribution in [1.29, 1.82) is 5.26 Å². The minimum Gasteiger partial charge on any atom is -0.534 e. The van der Waals surface area contributed by atoms with Gasteiger partial charge in [0.15, 0.2) is 0 Å². The molecule has 1 fully saturated rings. The molecule has 0 unspecified atom stereocenters. The zero-order chi connectivity index (χ0) is 11.8. The molecule has 16 heavy (non-hydrogen) atoms. The van der Waals surface area contributed by atoms with Crippen molar-refractivity contribution >= 4 is 12.6 Å². The lowest BCUT2D eigenvalue weighted by atomic mass is 9.80. The molecule has 1 saturated heterocycles. The molecular weight excluding hydrogens is 203 g/mol. The molecule has 0 N–H and O–H groups in total. The Bertz CT molecular complexity index is 462. The van der Waals surface area contributed by atoms with Crippen molar-refractivity contribution in [2.24, 2.45) is 0 Å². The maximum Gasteiger partial charge on any atom is 0.564 e. The molecule has 0 saturated carbocycles. The molecule has 1 aliphatic rings. The standard InChI is InChI=1S/C11H11BN2O2/c1-8-11(2,3)16-12(15-8)9-4-5-10(6-13)14-7-9/h4-5,7H,1H2,2-3H3. The minimum atomic E-state index is -0.488. The normalized spacial score (nSPS) is 18.1. The molecule has 0 amide bonds. The fourth-order valence-corrected chi connectivity index (χ4v) is 1.38. The summed E-state index contributed by atoms with van der Waals surface area (Å²) in [5.41, 5.74) is 0.670. The predicted molar refractivity (Wildman–Crippen MR) is 59.7 cm³/mol. The van der Waals surface area contributed by atoms with Crippen LogP contribution in [0.15, 0.2) is 30.7 Å². The number of nitrogens with zero attached hydrogens (tertiary/aromatic N) is 2. The molecule has 5 heteroatoms. The molecule has 1 aliphatic heterocycles. The van der Waals surface area contributed by atoms with Gasteiger partial charge in [-0.1, -0.05) is 12.6 Å². The van der Waals surface area contributed by atoms with Crippen LogP contribution in [0.4, 0.5) is 0 Å². The minimum absolute atomic E-state index is 0.375. The van der Waals surface area contributed by atoms with Crippen LogP contribution in [0.5, 0.6) is 0 Å². The van der Waals surface area contributed by atoms with Gasteiger partial charge in [0.05, 0.1) is 5.76 Å². The maximum atomic E-state index is 8.63. The Labute approximate surface area is 94.7 Å². The van der Waals surface area contributed by atoms with E-state index in [0.29, 0.717) is 11.5 Å². The third-order valence-corrected chi connectivity index (χ3v) is 2.50. The van der Waals surface area contributed by atoms with E-state index in [1.165, 1.54) is 0 Å². The highest BCUT2D eigenvalue weighted by molar-refractivity contribution is 6.62. The van der Waals surface area contributed by atoms with Crippen LogP contribution in [-0.2, 0) is 9.31 Å². The molecule has 0 bridgehead atoms. The summed E-state index contributed by atoms with van der Waals surface area (Å²) in [6.07, 6.45) is 1.58. The van der Waals surface area contributed by atoms with E-state index in [2.05, 4.69) is 11.6 Å². The summed E-state index contributed by atoms with van der Waals surface area (Å²) in [4.78, 5) is 3.96. The van der Waals surface area contributed by atoms with Crippen LogP contribution in [0.25, 0.3) is 0 Å². The van der Waals surface area contributed by atoms with E-state index in [-0.39, 0.29) is 0 Å². The third-order valence-electron chi connectivity index (χ3n) is 2.50. The number of aromatic nitrogens is 1. The lowest BCUT2D eigenvalue weighted by molar-refractivity contribution is 0.173. The summed E-state index contributed by atoms with van der Waals surface area (Å²) in [6.45, 7) is 7.59. The van der Waals surface area contributed by atoms with Gasteiger partial charge in [0.25, 0.3) is 0 Å². The summed E-state index contributed by atoms with van der Waals surface area (Å²) in [5.74, 6) is 0.599. The van der Waals surface area contributed by atoms with Crippen LogP contribution in [0.1, 0.15) is 19.5 Å². The van der Waals surface area contributed by atoms with Crippen molar-refractivity contribution in [3.63, 3.8) is 0 Å². The zero-order valence-electron chi connectivity index (χ0n) is 9.23. The summed E-state index contributed by atoms with van der Waals surface area (Å²) in [7, 11) is -0.484. The Morgan fingerprint density at radius 2 is 2.25 bits per heavy atom. The van der Waals surface area contributed by atoms with Gasteiger partial charge in [-0.05, 0) is 19.9 Å². The molecule has 0 atom stereocenters. The van der Waals surface area contributed by atoms with Crippen molar-refractivity contribution in [1.82, 2.24) is 4.98 Å². The topological polar surface area (TPSA) is 55.1 Å². The number of nitriles is 1. The Kier molecular flexibility index (Phi) is 2.45. The number of hydrogen-bond acceptors (Lipinski definition) is 4. The van der Waals surface area contributed by atoms with Crippen LogP contribution in [0.2, 0.25) is 0 Å². The molecule has 1 aromatic rings. The van der Waals surface area contributed by atoms with Gasteiger partial charge in [-0.25, -0.2) is 4.98 Å². The highest BCUT2D eigenvalue weighted by atomic mass is 16.7. The zero-order valence-corrected chi connectivity index (χ0v) is 9.23. The van der Waals surface area contributed by atoms with Crippen molar-refractivity contribution in [2.75, 3.05) is 0 Å². The van der Waals surface area contributed by atoms with Gasteiger partial charge in [-0.3, -0.25) is 0 Å². The Hall–Kier alpha value is -1.80. The van der Waals surface area contributed by atoms with E-state index in [0.717, 1.165) is 5.46 Å². The molecule has 0 aromatic carbocycles. The molecule has 1 aromatic heterocycles. The quantitative estimate of drug-likeness (QED) is 0.654. The first-order valence-electron chi connectivity index (χ1n) is 4.93. The van der Waals surface area contributed by atoms with Crippen LogP contribution in [0.3, 0.4) is 0 Å². The fourth-order valence-electron chi connectivity index (χ4n) is 1.38. The monoisotopic (exact) mass is 214 g/mol. The average molecular weight is 214 g/mol. The van der Waals surface area contributed by atoms with Gasteiger partial charge in [-0.2, -0.15) is 5.26 Å². The van der Waals surface area contributed by atoms with Crippen molar-refractivity contribution in [2.45, 2.75) is 19.4 Å². The van der Waals surface area contributed by atoms with E-state index < -0.39 is 12.7 Å². The number of pyridine rings is 1. The van der Waals surface area contributed by atoms with Crippen molar-refractivity contribution in [3.05, 3.63) is 36.4 Å². The van der Waals surface area contributed by atoms with Crippen LogP contribution in [-0.4, -0.2) is 17.7 Å². The van der Waals surface area contributed by atoms with Crippen LogP contribution >= 0.6 is 0 Å². The summed E-state index contributed by atoms with van der Waals surface area (Å²) in [5, 5.41) is 8.63. The summed E-state index contributed by atoms with van der Waals surface area (Å²) < 4.78 is 11.2. The molecule has 80 valence electrons. The van der Waals surface area contributed by atoms with E-state index in [1.807, 2.05) is 19.9 Å². The maximum absolute atomic E-state index is 8.63. The largest absolute Gasteiger partial charge is 0.564 e. The molecule has 2 rings (SSSR count). The molecule has 0 aliphatic carbocycles. The van der Waals surface area contributed by atoms with E-state index >= 15 is 0 Å². The van der Waals surface area contributed by atoms with E-state index in [9.17, 15) is 0 Å². The van der Waals surface area contributed by atoms with Gasteiger partial charge >= 0.3 is 7.12 Å². The van der Waals surface area contributed by atoms with Crippen molar-refractivity contribution < 1.29 is 9.31 Å². The second-order valence-corrected chi connectivity index (χ2v) is 4.09. The Morgan fingerprint density at radius 3 is 2.69 bits per heavy atom. The molecule has 4 nitrogen and oxygen atoms in total. The highest BCUT2D eigenvalue weighted by Crippen LogP contribution is 2.28. The first-order valence-corrected chi connectivity index (χ1v) is 4.93. The molecule has 0 spiro atoms. The Balaban J connectivity index is 2.21. The van der Waals surface area contributed by atoms with E-state index in [1.54, 1.807) is 18.3 Å². The van der Waals surface area contributed by atoms with Gasteiger partial charge in [0.2, 0.25) is 0 Å². The van der Waals surface area contributed by atoms with Gasteiger partial charge in [-0.15, -0.1) is 0 Å². The summed E-state index contributed by atoms with van der Waals surface area (Å²) in [6, 6.07) is 5.36. The summed E-state index contributed by atoms with van der Waals surface area (Å²) >= 11 is 0. The smallest absolute Gasteiger partial charge is 0.534 e. The lowest BCUT2D eigenvalue weighted by Crippen LogP contribution is -2.34. The predicted octanol–water partition coefficient (Wildman–Crippen LogP) is 0.988. The molecule has 2 heterocycles. The second-order valence-electron chi connectivity index (χ2n) is 4.09. The molecular formula is C11H11BN2O2. The van der Waals surface area contributed by atoms with Crippen LogP contribution in [0, 0.1) is 11.3 Å². The average Bonchev–Trinajstić information content (AvgIpc) is 2.54. The van der Waals surface area contributed by atoms with Gasteiger partial charge in [0.1, 0.15) is 17.4 Å². The van der Waals surface area contributed by atoms with Crippen molar-refractivity contribution in [3.8, 4) is 6.07 Å². The fraction of sp³-hybridized carbons (Fsp3) is 0.273. The van der Waals surface area contributed by atoms with Crippen LogP contribution < -0.4 is 5.46 Å². The SMILES string of the molecule is C=C1OB(c2ccc(C#N)nc2)OC1(C)C. The molecule has 0 radical (unpaired) electrons. The number of hydrogen-bond donors (Lipinski definition) is 0. The Morgan fingerprint density at radius 1 is 1.50 bits per heavy atom. The number of rotatable bonds is 1. The first-order chi connectivity index (χ1) is 7.53.